The number of amides is 1. The highest BCUT2D eigenvalue weighted by molar-refractivity contribution is 14.0. The van der Waals surface area contributed by atoms with Crippen LogP contribution in [0.3, 0.4) is 0 Å². The first kappa shape index (κ1) is 25.2. The third-order valence-electron chi connectivity index (χ3n) is 4.95. The van der Waals surface area contributed by atoms with E-state index in [1.807, 2.05) is 48.2 Å². The van der Waals surface area contributed by atoms with E-state index < -0.39 is 0 Å². The summed E-state index contributed by atoms with van der Waals surface area (Å²) in [5.74, 6) is 1.55. The van der Waals surface area contributed by atoms with Crippen LogP contribution in [0.4, 0.5) is 0 Å². The molecule has 1 aromatic carbocycles. The van der Waals surface area contributed by atoms with Crippen molar-refractivity contribution >= 4 is 47.4 Å². The number of halogens is 2. The van der Waals surface area contributed by atoms with Gasteiger partial charge in [0.15, 0.2) is 5.96 Å². The SMILES string of the molecule is CCNC(=NCc1cccnc1OC)N1CCN(C(=O)Cc2cccc(Cl)c2)CC1.I. The Morgan fingerprint density at radius 2 is 1.94 bits per heavy atom. The number of guanidine groups is 1. The Labute approximate surface area is 205 Å². The number of piperazine rings is 1. The van der Waals surface area contributed by atoms with Gasteiger partial charge in [0.05, 0.1) is 20.1 Å². The maximum Gasteiger partial charge on any atom is 0.227 e. The van der Waals surface area contributed by atoms with Crippen LogP contribution in [-0.4, -0.2) is 66.5 Å². The highest BCUT2D eigenvalue weighted by Crippen LogP contribution is 2.15. The number of nitrogens with one attached hydrogen (secondary N) is 1. The van der Waals surface area contributed by atoms with Crippen LogP contribution in [0.15, 0.2) is 47.6 Å². The number of carbonyl (C=O) groups is 1. The molecule has 0 atom stereocenters. The molecule has 1 N–H and O–H groups in total. The first-order valence-electron chi connectivity index (χ1n) is 10.1. The number of hydrogen-bond acceptors (Lipinski definition) is 4. The Bertz CT molecular complexity index is 888. The number of aromatic nitrogens is 1. The van der Waals surface area contributed by atoms with Gasteiger partial charge in [0, 0.05) is 49.5 Å². The van der Waals surface area contributed by atoms with E-state index in [1.54, 1.807) is 13.3 Å². The molecule has 1 aromatic heterocycles. The molecule has 168 valence electrons. The van der Waals surface area contributed by atoms with Gasteiger partial charge in [0.1, 0.15) is 0 Å². The number of aliphatic imine (C=N–C) groups is 1. The van der Waals surface area contributed by atoms with E-state index >= 15 is 0 Å². The van der Waals surface area contributed by atoms with E-state index in [0.717, 1.165) is 36.7 Å². The molecule has 0 aliphatic carbocycles. The molecule has 1 fully saturated rings. The van der Waals surface area contributed by atoms with Crippen LogP contribution in [0.5, 0.6) is 5.88 Å². The zero-order valence-corrected chi connectivity index (χ0v) is 21.0. The highest BCUT2D eigenvalue weighted by atomic mass is 127. The fourth-order valence-corrected chi connectivity index (χ4v) is 3.63. The Morgan fingerprint density at radius 3 is 2.61 bits per heavy atom. The molecule has 0 saturated carbocycles. The van der Waals surface area contributed by atoms with Crippen molar-refractivity contribution in [2.45, 2.75) is 19.9 Å². The zero-order chi connectivity index (χ0) is 21.3. The van der Waals surface area contributed by atoms with Crippen LogP contribution in [-0.2, 0) is 17.8 Å². The minimum atomic E-state index is 0. The van der Waals surface area contributed by atoms with Crippen LogP contribution in [0.1, 0.15) is 18.1 Å². The zero-order valence-electron chi connectivity index (χ0n) is 17.9. The normalized spacial score (nSPS) is 14.1. The molecule has 0 bridgehead atoms. The topological polar surface area (TPSA) is 70.1 Å². The number of pyridine rings is 1. The molecule has 1 aliphatic rings. The summed E-state index contributed by atoms with van der Waals surface area (Å²) in [6.45, 7) is 6.10. The van der Waals surface area contributed by atoms with E-state index in [9.17, 15) is 4.79 Å². The van der Waals surface area contributed by atoms with Gasteiger partial charge >= 0.3 is 0 Å². The third-order valence-corrected chi connectivity index (χ3v) is 5.19. The van der Waals surface area contributed by atoms with Crippen molar-refractivity contribution < 1.29 is 9.53 Å². The molecule has 1 saturated heterocycles. The van der Waals surface area contributed by atoms with Gasteiger partial charge in [-0.2, -0.15) is 0 Å². The van der Waals surface area contributed by atoms with Crippen molar-refractivity contribution in [1.82, 2.24) is 20.1 Å². The van der Waals surface area contributed by atoms with Crippen molar-refractivity contribution in [2.24, 2.45) is 4.99 Å². The Kier molecular flexibility index (Phi) is 10.3. The molecule has 2 heterocycles. The Balaban J connectivity index is 0.00000341. The van der Waals surface area contributed by atoms with E-state index in [-0.39, 0.29) is 29.9 Å². The van der Waals surface area contributed by atoms with Gasteiger partial charge in [-0.25, -0.2) is 9.98 Å². The minimum absolute atomic E-state index is 0. The molecular weight excluding hydrogens is 529 g/mol. The average molecular weight is 558 g/mol. The van der Waals surface area contributed by atoms with Crippen molar-refractivity contribution in [3.63, 3.8) is 0 Å². The predicted octanol–water partition coefficient (Wildman–Crippen LogP) is 3.21. The molecule has 0 spiro atoms. The van der Waals surface area contributed by atoms with E-state index in [0.29, 0.717) is 37.0 Å². The van der Waals surface area contributed by atoms with Gasteiger partial charge in [0.2, 0.25) is 11.8 Å². The molecule has 7 nitrogen and oxygen atoms in total. The number of ether oxygens (including phenoxy) is 1. The summed E-state index contributed by atoms with van der Waals surface area (Å²) in [7, 11) is 1.61. The molecule has 0 radical (unpaired) electrons. The van der Waals surface area contributed by atoms with Crippen molar-refractivity contribution in [1.29, 1.82) is 0 Å². The monoisotopic (exact) mass is 557 g/mol. The fourth-order valence-electron chi connectivity index (χ4n) is 3.42. The maximum absolute atomic E-state index is 12.7. The summed E-state index contributed by atoms with van der Waals surface area (Å²) in [5, 5.41) is 4.00. The lowest BCUT2D eigenvalue weighted by Gasteiger charge is -2.36. The first-order chi connectivity index (χ1) is 14.6. The minimum Gasteiger partial charge on any atom is -0.481 e. The van der Waals surface area contributed by atoms with Crippen LogP contribution in [0, 0.1) is 0 Å². The second-order valence-electron chi connectivity index (χ2n) is 7.02. The molecule has 2 aromatic rings. The van der Waals surface area contributed by atoms with E-state index in [4.69, 9.17) is 21.3 Å². The predicted molar refractivity (Wildman–Crippen MR) is 134 cm³/mol. The summed E-state index contributed by atoms with van der Waals surface area (Å²) in [6.07, 6.45) is 2.08. The quantitative estimate of drug-likeness (QED) is 0.336. The summed E-state index contributed by atoms with van der Waals surface area (Å²) >= 11 is 6.03. The summed E-state index contributed by atoms with van der Waals surface area (Å²) in [5.41, 5.74) is 1.88. The average Bonchev–Trinajstić information content (AvgIpc) is 2.77. The van der Waals surface area contributed by atoms with Gasteiger partial charge in [-0.05, 0) is 30.7 Å². The molecule has 0 unspecified atom stereocenters. The fraction of sp³-hybridized carbons (Fsp3) is 0.409. The second-order valence-corrected chi connectivity index (χ2v) is 7.45. The number of rotatable bonds is 6. The van der Waals surface area contributed by atoms with Gasteiger partial charge in [-0.1, -0.05) is 29.8 Å². The number of carbonyl (C=O) groups excluding carboxylic acids is 1. The van der Waals surface area contributed by atoms with Crippen molar-refractivity contribution in [3.8, 4) is 5.88 Å². The van der Waals surface area contributed by atoms with E-state index in [1.165, 1.54) is 0 Å². The van der Waals surface area contributed by atoms with Gasteiger partial charge < -0.3 is 19.9 Å². The lowest BCUT2D eigenvalue weighted by Crippen LogP contribution is -2.54. The summed E-state index contributed by atoms with van der Waals surface area (Å²) in [6, 6.07) is 11.3. The highest BCUT2D eigenvalue weighted by Gasteiger charge is 2.23. The van der Waals surface area contributed by atoms with Crippen LogP contribution in [0.25, 0.3) is 0 Å². The van der Waals surface area contributed by atoms with Crippen molar-refractivity contribution in [2.75, 3.05) is 39.8 Å². The maximum atomic E-state index is 12.7. The smallest absolute Gasteiger partial charge is 0.227 e. The lowest BCUT2D eigenvalue weighted by atomic mass is 10.1. The largest absolute Gasteiger partial charge is 0.481 e. The number of hydrogen-bond donors (Lipinski definition) is 1. The van der Waals surface area contributed by atoms with Crippen LogP contribution in [0.2, 0.25) is 5.02 Å². The molecular formula is C22H29ClIN5O2. The van der Waals surface area contributed by atoms with E-state index in [2.05, 4.69) is 15.2 Å². The van der Waals surface area contributed by atoms with Gasteiger partial charge in [-0.3, -0.25) is 4.79 Å². The lowest BCUT2D eigenvalue weighted by molar-refractivity contribution is -0.131. The van der Waals surface area contributed by atoms with Gasteiger partial charge in [-0.15, -0.1) is 24.0 Å². The molecule has 1 aliphatic heterocycles. The number of benzene rings is 1. The van der Waals surface area contributed by atoms with Crippen LogP contribution < -0.4 is 10.1 Å². The number of methoxy groups -OCH3 is 1. The van der Waals surface area contributed by atoms with Crippen LogP contribution >= 0.6 is 35.6 Å². The van der Waals surface area contributed by atoms with Crippen molar-refractivity contribution in [3.05, 3.63) is 58.7 Å². The first-order valence-corrected chi connectivity index (χ1v) is 10.5. The standard InChI is InChI=1S/C22H28ClN5O2.HI/c1-3-24-22(26-16-18-7-5-9-25-21(18)30-2)28-12-10-27(11-13-28)20(29)15-17-6-4-8-19(23)14-17;/h4-9,14H,3,10-13,15-16H2,1-2H3,(H,24,26);1H. The van der Waals surface area contributed by atoms with Gasteiger partial charge in [0.25, 0.3) is 0 Å². The second kappa shape index (κ2) is 12.7. The summed E-state index contributed by atoms with van der Waals surface area (Å²) < 4.78 is 5.31. The molecule has 1 amide bonds. The Morgan fingerprint density at radius 1 is 1.19 bits per heavy atom. The molecule has 3 rings (SSSR count). The molecule has 9 heteroatoms. The summed E-state index contributed by atoms with van der Waals surface area (Å²) in [4.78, 5) is 25.7. The Hall–Kier alpha value is -2.07. The number of nitrogens with zero attached hydrogens (tertiary/aromatic N) is 4. The molecule has 31 heavy (non-hydrogen) atoms. The third kappa shape index (κ3) is 7.24.